The summed E-state index contributed by atoms with van der Waals surface area (Å²) in [7, 11) is 0. The molecule has 0 nitrogen and oxygen atoms in total. The molecule has 0 aliphatic rings. The minimum atomic E-state index is 1.15. The summed E-state index contributed by atoms with van der Waals surface area (Å²) in [6, 6.07) is 9.15. The van der Waals surface area contributed by atoms with Crippen LogP contribution in [0.3, 0.4) is 0 Å². The van der Waals surface area contributed by atoms with Gasteiger partial charge in [0.2, 0.25) is 0 Å². The minimum Gasteiger partial charge on any atom is -0.0917 e. The van der Waals surface area contributed by atoms with Crippen LogP contribution in [-0.2, 0) is 12.8 Å². The van der Waals surface area contributed by atoms with Crippen LogP contribution in [0.2, 0.25) is 0 Å². The fourth-order valence-electron chi connectivity index (χ4n) is 2.46. The van der Waals surface area contributed by atoms with E-state index < -0.39 is 0 Å². The highest BCUT2D eigenvalue weighted by Gasteiger charge is 1.94. The molecular formula is C21H32. The van der Waals surface area contributed by atoms with Crippen molar-refractivity contribution in [2.24, 2.45) is 0 Å². The maximum Gasteiger partial charge on any atom is -0.0244 e. The summed E-state index contributed by atoms with van der Waals surface area (Å²) < 4.78 is 0. The first kappa shape index (κ1) is 17.8. The fraction of sp³-hybridized carbons (Fsp3) is 0.524. The van der Waals surface area contributed by atoms with Crippen LogP contribution in [0.15, 0.2) is 48.6 Å². The molecule has 0 saturated heterocycles. The molecule has 1 rings (SSSR count). The van der Waals surface area contributed by atoms with Gasteiger partial charge in [-0.1, -0.05) is 74.8 Å². The van der Waals surface area contributed by atoms with Gasteiger partial charge in [0, 0.05) is 0 Å². The second-order valence-electron chi connectivity index (χ2n) is 5.78. The number of benzene rings is 1. The van der Waals surface area contributed by atoms with Gasteiger partial charge in [0.1, 0.15) is 0 Å². The van der Waals surface area contributed by atoms with E-state index in [9.17, 15) is 0 Å². The molecule has 0 fully saturated rings. The predicted octanol–water partition coefficient (Wildman–Crippen LogP) is 6.65. The minimum absolute atomic E-state index is 1.15. The molecule has 0 amide bonds. The maximum atomic E-state index is 2.36. The van der Waals surface area contributed by atoms with Crippen LogP contribution < -0.4 is 0 Å². The third-order valence-electron chi connectivity index (χ3n) is 3.85. The Balaban J connectivity index is 2.16. The highest BCUT2D eigenvalue weighted by atomic mass is 14.0. The van der Waals surface area contributed by atoms with E-state index in [1.54, 1.807) is 0 Å². The lowest BCUT2D eigenvalue weighted by molar-refractivity contribution is 0.674. The van der Waals surface area contributed by atoms with Crippen molar-refractivity contribution < 1.29 is 0 Å². The summed E-state index contributed by atoms with van der Waals surface area (Å²) in [4.78, 5) is 0. The van der Waals surface area contributed by atoms with Crippen LogP contribution in [0.5, 0.6) is 0 Å². The van der Waals surface area contributed by atoms with E-state index in [0.717, 1.165) is 12.8 Å². The summed E-state index contributed by atoms with van der Waals surface area (Å²) in [6.07, 6.45) is 20.4. The average Bonchev–Trinajstić information content (AvgIpc) is 2.52. The van der Waals surface area contributed by atoms with E-state index >= 15 is 0 Å². The second kappa shape index (κ2) is 12.4. The largest absolute Gasteiger partial charge is 0.0917 e. The van der Waals surface area contributed by atoms with Gasteiger partial charge in [-0.3, -0.25) is 0 Å². The molecule has 1 aromatic rings. The molecule has 0 unspecified atom stereocenters. The third-order valence-corrected chi connectivity index (χ3v) is 3.85. The van der Waals surface area contributed by atoms with Gasteiger partial charge in [0.15, 0.2) is 0 Å². The summed E-state index contributed by atoms with van der Waals surface area (Å²) in [5, 5.41) is 0. The number of hydrogen-bond donors (Lipinski definition) is 0. The standard InChI is InChI=1S/C21H32/c1-3-5-7-8-9-10-11-13-15-21-18-16-20(17-19-21)14-12-6-4-2/h4,6,10-11,16-19H,3,5,7-9,12-15H2,1-2H3. The van der Waals surface area contributed by atoms with E-state index in [-0.39, 0.29) is 0 Å². The van der Waals surface area contributed by atoms with Crippen molar-refractivity contribution in [1.29, 1.82) is 0 Å². The van der Waals surface area contributed by atoms with Gasteiger partial charge in [0.25, 0.3) is 0 Å². The molecular weight excluding hydrogens is 252 g/mol. The molecule has 0 atom stereocenters. The first-order valence-electron chi connectivity index (χ1n) is 8.70. The highest BCUT2D eigenvalue weighted by molar-refractivity contribution is 5.23. The van der Waals surface area contributed by atoms with Crippen molar-refractivity contribution >= 4 is 0 Å². The Morgan fingerprint density at radius 2 is 1.29 bits per heavy atom. The molecule has 0 heterocycles. The van der Waals surface area contributed by atoms with Gasteiger partial charge in [-0.2, -0.15) is 0 Å². The van der Waals surface area contributed by atoms with E-state index in [4.69, 9.17) is 0 Å². The first-order chi connectivity index (χ1) is 10.4. The normalized spacial score (nSPS) is 11.7. The first-order valence-corrected chi connectivity index (χ1v) is 8.70. The molecule has 21 heavy (non-hydrogen) atoms. The van der Waals surface area contributed by atoms with Gasteiger partial charge >= 0.3 is 0 Å². The zero-order valence-electron chi connectivity index (χ0n) is 14.0. The molecule has 0 spiro atoms. The number of rotatable bonds is 11. The molecule has 1 aromatic carbocycles. The Bertz CT molecular complexity index is 395. The van der Waals surface area contributed by atoms with Crippen LogP contribution in [0.4, 0.5) is 0 Å². The lowest BCUT2D eigenvalue weighted by atomic mass is 10.0. The molecule has 116 valence electrons. The topological polar surface area (TPSA) is 0 Å². The Morgan fingerprint density at radius 1 is 0.714 bits per heavy atom. The molecule has 0 N–H and O–H groups in total. The van der Waals surface area contributed by atoms with Crippen LogP contribution in [0.1, 0.15) is 69.9 Å². The molecule has 0 aliphatic carbocycles. The van der Waals surface area contributed by atoms with Crippen molar-refractivity contribution in [3.05, 3.63) is 59.7 Å². The summed E-state index contributed by atoms with van der Waals surface area (Å²) in [5.41, 5.74) is 2.91. The van der Waals surface area contributed by atoms with Crippen molar-refractivity contribution in [1.82, 2.24) is 0 Å². The summed E-state index contributed by atoms with van der Waals surface area (Å²) in [5.74, 6) is 0. The Hall–Kier alpha value is -1.30. The third kappa shape index (κ3) is 9.28. The lowest BCUT2D eigenvalue weighted by Gasteiger charge is -2.02. The molecule has 0 radical (unpaired) electrons. The van der Waals surface area contributed by atoms with Gasteiger partial charge in [0.05, 0.1) is 0 Å². The van der Waals surface area contributed by atoms with Gasteiger partial charge in [-0.15, -0.1) is 0 Å². The van der Waals surface area contributed by atoms with Crippen molar-refractivity contribution in [2.45, 2.75) is 71.6 Å². The van der Waals surface area contributed by atoms with Crippen molar-refractivity contribution in [3.63, 3.8) is 0 Å². The quantitative estimate of drug-likeness (QED) is 0.315. The zero-order valence-corrected chi connectivity index (χ0v) is 14.0. The van der Waals surface area contributed by atoms with E-state index in [0.29, 0.717) is 0 Å². The van der Waals surface area contributed by atoms with E-state index in [2.05, 4.69) is 62.4 Å². The number of hydrogen-bond acceptors (Lipinski definition) is 0. The van der Waals surface area contributed by atoms with Gasteiger partial charge in [-0.05, 0) is 56.6 Å². The second-order valence-corrected chi connectivity index (χ2v) is 5.78. The number of aryl methyl sites for hydroxylation is 2. The molecule has 0 saturated carbocycles. The Morgan fingerprint density at radius 3 is 1.86 bits per heavy atom. The van der Waals surface area contributed by atoms with Crippen LogP contribution in [0.25, 0.3) is 0 Å². The van der Waals surface area contributed by atoms with Crippen LogP contribution in [0, 0.1) is 0 Å². The predicted molar refractivity (Wildman–Crippen MR) is 95.8 cm³/mol. The van der Waals surface area contributed by atoms with Gasteiger partial charge < -0.3 is 0 Å². The SMILES string of the molecule is CC=CCCc1ccc(CCC=CCCCCCC)cc1. The van der Waals surface area contributed by atoms with E-state index in [1.807, 2.05) is 0 Å². The van der Waals surface area contributed by atoms with Crippen molar-refractivity contribution in [3.8, 4) is 0 Å². The molecule has 0 heteroatoms. The fourth-order valence-corrected chi connectivity index (χ4v) is 2.46. The Kier molecular flexibility index (Phi) is 10.5. The summed E-state index contributed by atoms with van der Waals surface area (Å²) in [6.45, 7) is 4.35. The maximum absolute atomic E-state index is 2.36. The van der Waals surface area contributed by atoms with Crippen LogP contribution in [-0.4, -0.2) is 0 Å². The Labute approximate surface area is 132 Å². The van der Waals surface area contributed by atoms with Crippen molar-refractivity contribution in [2.75, 3.05) is 0 Å². The molecule has 0 aliphatic heterocycles. The molecule has 0 bridgehead atoms. The molecule has 0 aromatic heterocycles. The smallest absolute Gasteiger partial charge is 0.0244 e. The van der Waals surface area contributed by atoms with E-state index in [1.165, 1.54) is 56.1 Å². The number of allylic oxidation sites excluding steroid dienone is 4. The summed E-state index contributed by atoms with van der Waals surface area (Å²) >= 11 is 0. The van der Waals surface area contributed by atoms with Gasteiger partial charge in [-0.25, -0.2) is 0 Å². The lowest BCUT2D eigenvalue weighted by Crippen LogP contribution is -1.87. The number of unbranched alkanes of at least 4 members (excludes halogenated alkanes) is 4. The van der Waals surface area contributed by atoms with Crippen LogP contribution >= 0.6 is 0 Å². The highest BCUT2D eigenvalue weighted by Crippen LogP contribution is 2.10. The average molecular weight is 284 g/mol. The zero-order chi connectivity index (χ0) is 15.2. The monoisotopic (exact) mass is 284 g/mol.